The first-order valence-corrected chi connectivity index (χ1v) is 7.96. The lowest BCUT2D eigenvalue weighted by Gasteiger charge is -2.15. The van der Waals surface area contributed by atoms with Gasteiger partial charge in [-0.15, -0.1) is 0 Å². The van der Waals surface area contributed by atoms with E-state index in [1.54, 1.807) is 0 Å². The third-order valence-corrected chi connectivity index (χ3v) is 3.86. The summed E-state index contributed by atoms with van der Waals surface area (Å²) in [7, 11) is 0. The van der Waals surface area contributed by atoms with Crippen molar-refractivity contribution < 1.29 is 32.4 Å². The largest absolute Gasteiger partial charge is 0.452 e. The molecule has 2 rings (SSSR count). The molecular formula is C17H12ClF3N2O5. The van der Waals surface area contributed by atoms with Gasteiger partial charge in [0, 0.05) is 11.6 Å². The van der Waals surface area contributed by atoms with E-state index < -0.39 is 40.8 Å². The fourth-order valence-corrected chi connectivity index (χ4v) is 2.49. The van der Waals surface area contributed by atoms with Crippen molar-refractivity contribution in [2.45, 2.75) is 13.1 Å². The third-order valence-electron chi connectivity index (χ3n) is 3.55. The maximum atomic E-state index is 13.0. The maximum absolute atomic E-state index is 13.0. The average molecular weight is 417 g/mol. The summed E-state index contributed by atoms with van der Waals surface area (Å²) in [6, 6.07) is 6.43. The number of nitrogens with one attached hydrogen (secondary N) is 1. The number of nitro groups is 1. The first-order chi connectivity index (χ1) is 13.0. The second kappa shape index (κ2) is 8.26. The molecule has 1 N–H and O–H groups in total. The Bertz CT molecular complexity index is 947. The van der Waals surface area contributed by atoms with Gasteiger partial charge in [0.25, 0.3) is 11.6 Å². The molecule has 0 fully saturated rings. The number of hydrogen-bond acceptors (Lipinski definition) is 5. The van der Waals surface area contributed by atoms with E-state index in [1.165, 1.54) is 13.0 Å². The van der Waals surface area contributed by atoms with Crippen LogP contribution in [0, 0.1) is 17.0 Å². The zero-order valence-electron chi connectivity index (χ0n) is 14.2. The number of nitrogens with zero attached hydrogens (tertiary/aromatic N) is 1. The van der Waals surface area contributed by atoms with Crippen LogP contribution in [0.5, 0.6) is 0 Å². The number of para-hydroxylation sites is 1. The molecule has 0 atom stereocenters. The Balaban J connectivity index is 2.07. The number of halogens is 4. The predicted molar refractivity (Wildman–Crippen MR) is 93.2 cm³/mol. The highest BCUT2D eigenvalue weighted by atomic mass is 35.5. The van der Waals surface area contributed by atoms with Crippen LogP contribution in [0.25, 0.3) is 0 Å². The number of nitro benzene ring substituents is 1. The van der Waals surface area contributed by atoms with Crippen LogP contribution in [-0.4, -0.2) is 23.4 Å². The van der Waals surface area contributed by atoms with Gasteiger partial charge < -0.3 is 10.1 Å². The Labute approximate surface area is 161 Å². The number of esters is 1. The van der Waals surface area contributed by atoms with Crippen LogP contribution in [0.2, 0.25) is 5.02 Å². The van der Waals surface area contributed by atoms with Crippen LogP contribution in [0.3, 0.4) is 0 Å². The molecule has 11 heteroatoms. The third kappa shape index (κ3) is 4.97. The van der Waals surface area contributed by atoms with Gasteiger partial charge >= 0.3 is 12.1 Å². The van der Waals surface area contributed by atoms with Gasteiger partial charge in [-0.1, -0.05) is 17.7 Å². The second-order valence-corrected chi connectivity index (χ2v) is 5.95. The van der Waals surface area contributed by atoms with E-state index in [4.69, 9.17) is 16.3 Å². The van der Waals surface area contributed by atoms with E-state index in [0.717, 1.165) is 30.3 Å². The van der Waals surface area contributed by atoms with Crippen LogP contribution in [0.1, 0.15) is 21.5 Å². The molecule has 0 aliphatic carbocycles. The molecule has 0 bridgehead atoms. The number of alkyl halides is 3. The first kappa shape index (κ1) is 21.2. The number of hydrogen-bond donors (Lipinski definition) is 1. The van der Waals surface area contributed by atoms with Gasteiger partial charge in [0.15, 0.2) is 6.61 Å². The number of ether oxygens (including phenoxy) is 1. The van der Waals surface area contributed by atoms with Crippen LogP contribution >= 0.6 is 11.6 Å². The van der Waals surface area contributed by atoms with Gasteiger partial charge in [-0.2, -0.15) is 13.2 Å². The highest BCUT2D eigenvalue weighted by molar-refractivity contribution is 6.34. The fraction of sp³-hybridized carbons (Fsp3) is 0.176. The van der Waals surface area contributed by atoms with Crippen LogP contribution in [-0.2, 0) is 15.7 Å². The van der Waals surface area contributed by atoms with E-state index in [1.807, 2.05) is 5.32 Å². The smallest absolute Gasteiger partial charge is 0.418 e. The normalized spacial score (nSPS) is 11.0. The summed E-state index contributed by atoms with van der Waals surface area (Å²) in [6.07, 6.45) is -4.75. The molecular weight excluding hydrogens is 405 g/mol. The van der Waals surface area contributed by atoms with E-state index in [2.05, 4.69) is 0 Å². The molecule has 1 amide bonds. The summed E-state index contributed by atoms with van der Waals surface area (Å²) in [5.41, 5.74) is -1.85. The lowest BCUT2D eigenvalue weighted by molar-refractivity contribution is -0.385. The molecule has 0 unspecified atom stereocenters. The van der Waals surface area contributed by atoms with Gasteiger partial charge in [-0.25, -0.2) is 4.79 Å². The molecule has 148 valence electrons. The fourth-order valence-electron chi connectivity index (χ4n) is 2.26. The molecule has 2 aromatic rings. The average Bonchev–Trinajstić information content (AvgIpc) is 2.60. The zero-order chi connectivity index (χ0) is 21.1. The maximum Gasteiger partial charge on any atom is 0.418 e. The molecule has 0 radical (unpaired) electrons. The standard InChI is InChI=1S/C17H12ClF3N2O5/c1-9-7-10(5-6-13(9)23(26)27)16(25)28-8-14(24)22-15-11(17(19,20)21)3-2-4-12(15)18/h2-7H,8H2,1H3,(H,22,24). The van der Waals surface area contributed by atoms with E-state index in [9.17, 15) is 32.9 Å². The number of amides is 1. The van der Waals surface area contributed by atoms with E-state index >= 15 is 0 Å². The SMILES string of the molecule is Cc1cc(C(=O)OCC(=O)Nc2c(Cl)cccc2C(F)(F)F)ccc1[N+](=O)[O-]. The van der Waals surface area contributed by atoms with Gasteiger partial charge in [0.05, 0.1) is 26.8 Å². The molecule has 0 aromatic heterocycles. The number of anilines is 1. The summed E-state index contributed by atoms with van der Waals surface area (Å²) in [4.78, 5) is 34.0. The second-order valence-electron chi connectivity index (χ2n) is 5.54. The molecule has 2 aromatic carbocycles. The molecule has 0 aliphatic rings. The minimum atomic E-state index is -4.75. The summed E-state index contributed by atoms with van der Waals surface area (Å²) < 4.78 is 43.7. The molecule has 0 saturated carbocycles. The number of rotatable bonds is 5. The Morgan fingerprint density at radius 3 is 2.50 bits per heavy atom. The van der Waals surface area contributed by atoms with Crippen molar-refractivity contribution in [1.82, 2.24) is 0 Å². The molecule has 7 nitrogen and oxygen atoms in total. The molecule has 0 saturated heterocycles. The molecule has 0 spiro atoms. The van der Waals surface area contributed by atoms with Crippen molar-refractivity contribution in [2.75, 3.05) is 11.9 Å². The Kier molecular flexibility index (Phi) is 6.24. The minimum absolute atomic E-state index is 0.0513. The van der Waals surface area contributed by atoms with Gasteiger partial charge in [-0.3, -0.25) is 14.9 Å². The van der Waals surface area contributed by atoms with Gasteiger partial charge in [0.1, 0.15) is 0 Å². The zero-order valence-corrected chi connectivity index (χ0v) is 14.9. The van der Waals surface area contributed by atoms with Crippen molar-refractivity contribution >= 4 is 34.9 Å². The monoisotopic (exact) mass is 416 g/mol. The van der Waals surface area contributed by atoms with Crippen molar-refractivity contribution in [3.63, 3.8) is 0 Å². The van der Waals surface area contributed by atoms with E-state index in [0.29, 0.717) is 0 Å². The van der Waals surface area contributed by atoms with Crippen molar-refractivity contribution in [3.8, 4) is 0 Å². The summed E-state index contributed by atoms with van der Waals surface area (Å²) in [5, 5.41) is 12.4. The first-order valence-electron chi connectivity index (χ1n) is 7.58. The molecule has 0 heterocycles. The van der Waals surface area contributed by atoms with Crippen LogP contribution < -0.4 is 5.32 Å². The minimum Gasteiger partial charge on any atom is -0.452 e. The summed E-state index contributed by atoms with van der Waals surface area (Å²) >= 11 is 5.72. The lowest BCUT2D eigenvalue weighted by atomic mass is 10.1. The number of aryl methyl sites for hydroxylation is 1. The van der Waals surface area contributed by atoms with Gasteiger partial charge in [-0.05, 0) is 31.2 Å². The van der Waals surface area contributed by atoms with Crippen molar-refractivity contribution in [3.05, 3.63) is 68.2 Å². The number of benzene rings is 2. The predicted octanol–water partition coefficient (Wildman–Crippen LogP) is 4.37. The Morgan fingerprint density at radius 2 is 1.93 bits per heavy atom. The summed E-state index contributed by atoms with van der Waals surface area (Å²) in [6.45, 7) is 0.537. The lowest BCUT2D eigenvalue weighted by Crippen LogP contribution is -2.23. The Hall–Kier alpha value is -3.14. The topological polar surface area (TPSA) is 98.5 Å². The van der Waals surface area contributed by atoms with E-state index in [-0.39, 0.29) is 21.8 Å². The van der Waals surface area contributed by atoms with Gasteiger partial charge in [0.2, 0.25) is 0 Å². The number of carbonyl (C=O) groups excluding carboxylic acids is 2. The highest BCUT2D eigenvalue weighted by Gasteiger charge is 2.34. The van der Waals surface area contributed by atoms with Crippen LogP contribution in [0.15, 0.2) is 36.4 Å². The van der Waals surface area contributed by atoms with Crippen molar-refractivity contribution in [2.24, 2.45) is 0 Å². The number of carbonyl (C=O) groups is 2. The highest BCUT2D eigenvalue weighted by Crippen LogP contribution is 2.38. The van der Waals surface area contributed by atoms with Crippen molar-refractivity contribution in [1.29, 1.82) is 0 Å². The Morgan fingerprint density at radius 1 is 1.25 bits per heavy atom. The molecule has 28 heavy (non-hydrogen) atoms. The molecule has 0 aliphatic heterocycles. The van der Waals surface area contributed by atoms with Crippen LogP contribution in [0.4, 0.5) is 24.5 Å². The quantitative estimate of drug-likeness (QED) is 0.443. The summed E-state index contributed by atoms with van der Waals surface area (Å²) in [5.74, 6) is -2.01.